The molecule has 6 aliphatic heterocycles. The molecule has 133 valence electrons. The van der Waals surface area contributed by atoms with Gasteiger partial charge in [-0.1, -0.05) is 54.5 Å². The first-order valence-corrected chi connectivity index (χ1v) is 9.30. The van der Waals surface area contributed by atoms with Crippen molar-refractivity contribution in [1.82, 2.24) is 16.0 Å². The zero-order valence-electron chi connectivity index (χ0n) is 14.7. The monoisotopic (exact) mass is 375 g/mol. The zero-order valence-corrected chi connectivity index (χ0v) is 16.2. The van der Waals surface area contributed by atoms with Crippen LogP contribution in [0.2, 0.25) is 0 Å². The molecule has 0 saturated carbocycles. The van der Waals surface area contributed by atoms with Crippen molar-refractivity contribution in [3.63, 3.8) is 0 Å². The SMILES string of the molecule is [CH-]1CC2CCNC2=N1.[CH-]1CC2CCNC2=N1.[CH-]1CC2CCNC2=N1.[Ti+3]. The summed E-state index contributed by atoms with van der Waals surface area (Å²) >= 11 is 0. The fourth-order valence-corrected chi connectivity index (χ4v) is 3.94. The number of hydrogen-bond acceptors (Lipinski definition) is 6. The van der Waals surface area contributed by atoms with Crippen molar-refractivity contribution in [3.05, 3.63) is 19.6 Å². The second kappa shape index (κ2) is 8.90. The maximum absolute atomic E-state index is 4.18. The summed E-state index contributed by atoms with van der Waals surface area (Å²) in [6.45, 7) is 9.43. The summed E-state index contributed by atoms with van der Waals surface area (Å²) in [7, 11) is 0. The van der Waals surface area contributed by atoms with E-state index in [0.29, 0.717) is 0 Å². The summed E-state index contributed by atoms with van der Waals surface area (Å²) in [6, 6.07) is 0. The van der Waals surface area contributed by atoms with Crippen LogP contribution < -0.4 is 16.0 Å². The molecule has 3 unspecified atom stereocenters. The Bertz CT molecular complexity index is 468. The van der Waals surface area contributed by atoms with Gasteiger partial charge in [0.05, 0.1) is 0 Å². The Morgan fingerprint density at radius 3 is 1.20 bits per heavy atom. The Morgan fingerprint density at radius 2 is 0.920 bits per heavy atom. The van der Waals surface area contributed by atoms with Gasteiger partial charge in [-0.2, -0.15) is 0 Å². The number of amidine groups is 3. The molecule has 0 bridgehead atoms. The Labute approximate surface area is 165 Å². The molecule has 25 heavy (non-hydrogen) atoms. The van der Waals surface area contributed by atoms with Gasteiger partial charge in [0.2, 0.25) is 0 Å². The molecule has 0 spiro atoms. The average Bonchev–Trinajstić information content (AvgIpc) is 3.33. The van der Waals surface area contributed by atoms with E-state index >= 15 is 0 Å². The van der Waals surface area contributed by atoms with Crippen LogP contribution in [0.3, 0.4) is 0 Å². The minimum Gasteiger partial charge on any atom is -0.450 e. The molecule has 6 aliphatic rings. The van der Waals surface area contributed by atoms with Gasteiger partial charge in [0.1, 0.15) is 0 Å². The summed E-state index contributed by atoms with van der Waals surface area (Å²) in [4.78, 5) is 12.5. The molecular formula is C18H27N6Ti. The minimum absolute atomic E-state index is 0. The van der Waals surface area contributed by atoms with Crippen molar-refractivity contribution >= 4 is 17.5 Å². The van der Waals surface area contributed by atoms with Crippen molar-refractivity contribution in [3.8, 4) is 0 Å². The van der Waals surface area contributed by atoms with E-state index in [1.807, 2.05) is 19.6 Å². The summed E-state index contributed by atoms with van der Waals surface area (Å²) < 4.78 is 0. The maximum atomic E-state index is 4.18. The number of aliphatic imine (C=N–C) groups is 3. The van der Waals surface area contributed by atoms with Crippen molar-refractivity contribution in [2.45, 2.75) is 38.5 Å². The van der Waals surface area contributed by atoms with Gasteiger partial charge in [0.15, 0.2) is 0 Å². The Morgan fingerprint density at radius 1 is 0.600 bits per heavy atom. The molecule has 6 nitrogen and oxygen atoms in total. The fourth-order valence-electron chi connectivity index (χ4n) is 3.94. The minimum atomic E-state index is 0. The van der Waals surface area contributed by atoms with E-state index < -0.39 is 0 Å². The first-order valence-electron chi connectivity index (χ1n) is 9.30. The van der Waals surface area contributed by atoms with Gasteiger partial charge in [-0.3, -0.25) is 0 Å². The quantitative estimate of drug-likeness (QED) is 0.446. The van der Waals surface area contributed by atoms with Crippen LogP contribution in [-0.2, 0) is 21.7 Å². The molecule has 3 fully saturated rings. The molecule has 0 aromatic carbocycles. The second-order valence-corrected chi connectivity index (χ2v) is 7.03. The molecule has 6 heterocycles. The number of hydrogen-bond donors (Lipinski definition) is 3. The third-order valence-corrected chi connectivity index (χ3v) is 5.42. The van der Waals surface area contributed by atoms with E-state index in [-0.39, 0.29) is 21.7 Å². The van der Waals surface area contributed by atoms with E-state index in [0.717, 1.165) is 37.4 Å². The van der Waals surface area contributed by atoms with Crippen molar-refractivity contribution in [2.75, 3.05) is 19.6 Å². The summed E-state index contributed by atoms with van der Waals surface area (Å²) in [6.07, 6.45) is 7.37. The molecular weight excluding hydrogens is 348 g/mol. The van der Waals surface area contributed by atoms with Gasteiger partial charge < -0.3 is 30.9 Å². The van der Waals surface area contributed by atoms with E-state index in [4.69, 9.17) is 0 Å². The Kier molecular flexibility index (Phi) is 6.60. The number of nitrogens with one attached hydrogen (secondary N) is 3. The molecule has 7 heteroatoms. The molecule has 1 radical (unpaired) electrons. The topological polar surface area (TPSA) is 73.2 Å². The predicted octanol–water partition coefficient (Wildman–Crippen LogP) is 1.68. The first-order chi connectivity index (χ1) is 11.9. The maximum Gasteiger partial charge on any atom is 3.00 e. The van der Waals surface area contributed by atoms with Crippen molar-refractivity contribution in [2.24, 2.45) is 32.7 Å². The Hall–Kier alpha value is -1.27. The van der Waals surface area contributed by atoms with E-state index in [1.165, 1.54) is 56.0 Å². The third-order valence-electron chi connectivity index (χ3n) is 5.42. The number of rotatable bonds is 0. The van der Waals surface area contributed by atoms with Crippen LogP contribution in [0.25, 0.3) is 0 Å². The normalized spacial score (nSPS) is 31.7. The van der Waals surface area contributed by atoms with Crippen LogP contribution in [0, 0.1) is 37.4 Å². The van der Waals surface area contributed by atoms with E-state index in [1.54, 1.807) is 0 Å². The molecule has 3 atom stereocenters. The van der Waals surface area contributed by atoms with Gasteiger partial charge in [-0.25, -0.2) is 0 Å². The van der Waals surface area contributed by atoms with Crippen LogP contribution in [0.5, 0.6) is 0 Å². The first kappa shape index (κ1) is 18.5. The van der Waals surface area contributed by atoms with Crippen LogP contribution in [0.15, 0.2) is 15.0 Å². The summed E-state index contributed by atoms with van der Waals surface area (Å²) in [5, 5.41) is 9.71. The third kappa shape index (κ3) is 4.47. The van der Waals surface area contributed by atoms with Crippen LogP contribution in [0.4, 0.5) is 0 Å². The predicted molar refractivity (Wildman–Crippen MR) is 97.4 cm³/mol. The van der Waals surface area contributed by atoms with Crippen LogP contribution in [-0.4, -0.2) is 37.1 Å². The second-order valence-electron chi connectivity index (χ2n) is 7.03. The molecule has 0 amide bonds. The van der Waals surface area contributed by atoms with Gasteiger partial charge in [-0.05, 0) is 38.9 Å². The standard InChI is InChI=1S/3C6H9N2.Ti/c3*1-3-7-6-5(1)2-4-8-6;/h3*3,5H,1-2,4H2,(H,7,8);/q3*-1;+3. The molecule has 0 aromatic rings. The smallest absolute Gasteiger partial charge is 0.450 e. The van der Waals surface area contributed by atoms with Crippen molar-refractivity contribution < 1.29 is 21.7 Å². The van der Waals surface area contributed by atoms with Gasteiger partial charge in [-0.15, -0.1) is 19.6 Å². The van der Waals surface area contributed by atoms with Crippen LogP contribution in [0.1, 0.15) is 38.5 Å². The molecule has 6 rings (SSSR count). The van der Waals surface area contributed by atoms with E-state index in [9.17, 15) is 0 Å². The number of fused-ring (bicyclic) bond motifs is 3. The molecule has 3 N–H and O–H groups in total. The zero-order chi connectivity index (χ0) is 16.2. The summed E-state index contributed by atoms with van der Waals surface area (Å²) in [5.74, 6) is 5.96. The largest absolute Gasteiger partial charge is 3.00 e. The molecule has 0 aliphatic carbocycles. The average molecular weight is 375 g/mol. The van der Waals surface area contributed by atoms with Crippen LogP contribution >= 0.6 is 0 Å². The Balaban J connectivity index is 0.000000107. The number of nitrogens with zero attached hydrogens (tertiary/aromatic N) is 3. The van der Waals surface area contributed by atoms with Crippen molar-refractivity contribution in [1.29, 1.82) is 0 Å². The summed E-state index contributed by atoms with van der Waals surface area (Å²) in [5.41, 5.74) is 0. The fraction of sp³-hybridized carbons (Fsp3) is 0.667. The molecule has 0 aromatic heterocycles. The van der Waals surface area contributed by atoms with E-state index in [2.05, 4.69) is 30.9 Å². The van der Waals surface area contributed by atoms with Gasteiger partial charge >= 0.3 is 21.7 Å². The van der Waals surface area contributed by atoms with Gasteiger partial charge in [0, 0.05) is 0 Å². The van der Waals surface area contributed by atoms with Gasteiger partial charge in [0.25, 0.3) is 0 Å². The molecule has 3 saturated heterocycles.